The number of aliphatic imine (C=N–C) groups is 1. The molecule has 0 aliphatic carbocycles. The lowest BCUT2D eigenvalue weighted by molar-refractivity contribution is 0.148. The summed E-state index contributed by atoms with van der Waals surface area (Å²) >= 11 is 0. The number of guanidine groups is 1. The summed E-state index contributed by atoms with van der Waals surface area (Å²) in [6, 6.07) is 19.1. The molecule has 0 atom stereocenters. The van der Waals surface area contributed by atoms with Crippen LogP contribution in [0.4, 0.5) is 0 Å². The first-order valence-electron chi connectivity index (χ1n) is 9.75. The van der Waals surface area contributed by atoms with Gasteiger partial charge in [0.2, 0.25) is 0 Å². The Morgan fingerprint density at radius 1 is 0.929 bits per heavy atom. The van der Waals surface area contributed by atoms with E-state index in [1.807, 2.05) is 6.07 Å². The minimum absolute atomic E-state index is 0. The third-order valence-corrected chi connectivity index (χ3v) is 5.02. The molecule has 0 saturated carbocycles. The highest BCUT2D eigenvalue weighted by Gasteiger charge is 2.13. The smallest absolute Gasteiger partial charge is 0.188 e. The van der Waals surface area contributed by atoms with Gasteiger partial charge >= 0.3 is 0 Å². The van der Waals surface area contributed by atoms with Gasteiger partial charge in [0, 0.05) is 39.3 Å². The molecule has 152 valence electrons. The number of hydrogen-bond donors (Lipinski definition) is 2. The normalized spacial score (nSPS) is 15.8. The molecular weight excluding hydrogens is 461 g/mol. The summed E-state index contributed by atoms with van der Waals surface area (Å²) in [5, 5.41) is 3.19. The Morgan fingerprint density at radius 2 is 1.57 bits per heavy atom. The maximum absolute atomic E-state index is 5.98. The topological polar surface area (TPSA) is 56.9 Å². The van der Waals surface area contributed by atoms with Crippen molar-refractivity contribution >= 4 is 29.9 Å². The van der Waals surface area contributed by atoms with Crippen LogP contribution in [0.15, 0.2) is 59.6 Å². The predicted octanol–water partition coefficient (Wildman–Crippen LogP) is 2.70. The van der Waals surface area contributed by atoms with E-state index < -0.39 is 0 Å². The van der Waals surface area contributed by atoms with Crippen LogP contribution in [-0.2, 0) is 19.5 Å². The summed E-state index contributed by atoms with van der Waals surface area (Å²) in [6.45, 7) is 7.04. The summed E-state index contributed by atoms with van der Waals surface area (Å²) < 4.78 is 0. The van der Waals surface area contributed by atoms with Crippen molar-refractivity contribution in [3.63, 3.8) is 0 Å². The first-order chi connectivity index (χ1) is 13.2. The van der Waals surface area contributed by atoms with E-state index in [2.05, 4.69) is 75.7 Å². The first-order valence-corrected chi connectivity index (χ1v) is 9.75. The van der Waals surface area contributed by atoms with Gasteiger partial charge in [-0.25, -0.2) is 4.99 Å². The minimum atomic E-state index is 0. The zero-order chi connectivity index (χ0) is 18.9. The van der Waals surface area contributed by atoms with Crippen LogP contribution in [0.2, 0.25) is 0 Å². The third kappa shape index (κ3) is 7.77. The van der Waals surface area contributed by atoms with Crippen molar-refractivity contribution in [1.29, 1.82) is 0 Å². The predicted molar refractivity (Wildman–Crippen MR) is 128 cm³/mol. The van der Waals surface area contributed by atoms with Gasteiger partial charge in [0.1, 0.15) is 0 Å². The van der Waals surface area contributed by atoms with Crippen LogP contribution in [0.5, 0.6) is 0 Å². The van der Waals surface area contributed by atoms with Gasteiger partial charge < -0.3 is 16.0 Å². The molecule has 0 radical (unpaired) electrons. The van der Waals surface area contributed by atoms with Crippen molar-refractivity contribution in [3.05, 3.63) is 71.3 Å². The Bertz CT molecular complexity index is 709. The summed E-state index contributed by atoms with van der Waals surface area (Å²) in [7, 11) is 2.19. The molecule has 1 aliphatic heterocycles. The van der Waals surface area contributed by atoms with E-state index in [9.17, 15) is 0 Å². The quantitative estimate of drug-likeness (QED) is 0.354. The van der Waals surface area contributed by atoms with E-state index in [0.717, 1.165) is 45.7 Å². The molecule has 3 N–H and O–H groups in total. The van der Waals surface area contributed by atoms with Crippen molar-refractivity contribution < 1.29 is 0 Å². The maximum atomic E-state index is 5.98. The lowest BCUT2D eigenvalue weighted by Crippen LogP contribution is -2.43. The lowest BCUT2D eigenvalue weighted by Gasteiger charge is -2.32. The van der Waals surface area contributed by atoms with Gasteiger partial charge in [0.25, 0.3) is 0 Å². The van der Waals surface area contributed by atoms with Gasteiger partial charge in [-0.3, -0.25) is 4.90 Å². The second-order valence-corrected chi connectivity index (χ2v) is 7.26. The molecule has 2 aromatic carbocycles. The minimum Gasteiger partial charge on any atom is -0.370 e. The van der Waals surface area contributed by atoms with Crippen molar-refractivity contribution in [2.75, 3.05) is 39.8 Å². The molecule has 0 bridgehead atoms. The molecule has 0 aromatic heterocycles. The van der Waals surface area contributed by atoms with Gasteiger partial charge in [-0.15, -0.1) is 24.0 Å². The van der Waals surface area contributed by atoms with Crippen molar-refractivity contribution in [1.82, 2.24) is 15.1 Å². The van der Waals surface area contributed by atoms with Crippen molar-refractivity contribution in [3.8, 4) is 0 Å². The van der Waals surface area contributed by atoms with Crippen LogP contribution in [0, 0.1) is 0 Å². The van der Waals surface area contributed by atoms with E-state index in [-0.39, 0.29) is 24.0 Å². The van der Waals surface area contributed by atoms with Crippen LogP contribution in [0.3, 0.4) is 0 Å². The average molecular weight is 493 g/mol. The lowest BCUT2D eigenvalue weighted by atomic mass is 10.1. The second kappa shape index (κ2) is 12.0. The molecule has 0 amide bonds. The first kappa shape index (κ1) is 22.6. The van der Waals surface area contributed by atoms with Crippen LogP contribution < -0.4 is 11.1 Å². The van der Waals surface area contributed by atoms with Crippen LogP contribution in [0.1, 0.15) is 16.7 Å². The Labute approximate surface area is 186 Å². The van der Waals surface area contributed by atoms with Crippen LogP contribution >= 0.6 is 24.0 Å². The highest BCUT2D eigenvalue weighted by atomic mass is 127. The Hall–Kier alpha value is -1.64. The maximum Gasteiger partial charge on any atom is 0.188 e. The molecule has 1 fully saturated rings. The van der Waals surface area contributed by atoms with E-state index in [1.54, 1.807) is 0 Å². The molecule has 0 unspecified atom stereocenters. The van der Waals surface area contributed by atoms with Gasteiger partial charge in [-0.2, -0.15) is 0 Å². The number of benzene rings is 2. The third-order valence-electron chi connectivity index (χ3n) is 5.02. The highest BCUT2D eigenvalue weighted by Crippen LogP contribution is 2.10. The monoisotopic (exact) mass is 493 g/mol. The van der Waals surface area contributed by atoms with Gasteiger partial charge in [0.05, 0.1) is 6.54 Å². The number of hydrogen-bond acceptors (Lipinski definition) is 3. The number of nitrogens with zero attached hydrogens (tertiary/aromatic N) is 3. The number of piperazine rings is 1. The molecule has 3 rings (SSSR count). The Morgan fingerprint density at radius 3 is 2.25 bits per heavy atom. The molecule has 1 heterocycles. The zero-order valence-corrected chi connectivity index (χ0v) is 19.0. The number of likely N-dealkylation sites (N-methyl/N-ethyl adjacent to an activating group) is 1. The molecule has 1 saturated heterocycles. The molecule has 0 spiro atoms. The largest absolute Gasteiger partial charge is 0.370 e. The highest BCUT2D eigenvalue weighted by molar-refractivity contribution is 14.0. The second-order valence-electron chi connectivity index (χ2n) is 7.26. The van der Waals surface area contributed by atoms with Crippen LogP contribution in [-0.4, -0.2) is 55.5 Å². The van der Waals surface area contributed by atoms with E-state index in [4.69, 9.17) is 5.73 Å². The fourth-order valence-corrected chi connectivity index (χ4v) is 3.23. The van der Waals surface area contributed by atoms with Gasteiger partial charge in [-0.1, -0.05) is 54.6 Å². The summed E-state index contributed by atoms with van der Waals surface area (Å²) in [5.74, 6) is 0.507. The number of nitrogens with one attached hydrogen (secondary N) is 1. The number of nitrogens with two attached hydrogens (primary N) is 1. The molecule has 1 aliphatic rings. The molecule has 5 nitrogen and oxygen atoms in total. The fourth-order valence-electron chi connectivity index (χ4n) is 3.23. The standard InChI is InChI=1S/C22H31N5.HI/c1-26-13-15-27(16-14-26)18-21-9-7-20(8-10-21)17-25-22(23)24-12-11-19-5-3-2-4-6-19;/h2-10H,11-18H2,1H3,(H3,23,24,25);1H. The summed E-state index contributed by atoms with van der Waals surface area (Å²) in [4.78, 5) is 9.35. The zero-order valence-electron chi connectivity index (χ0n) is 16.7. The van der Waals surface area contributed by atoms with E-state index in [1.165, 1.54) is 16.7 Å². The van der Waals surface area contributed by atoms with E-state index in [0.29, 0.717) is 12.5 Å². The van der Waals surface area contributed by atoms with Crippen molar-refractivity contribution in [2.45, 2.75) is 19.5 Å². The Kier molecular flexibility index (Phi) is 9.73. The SMILES string of the molecule is CN1CCN(Cc2ccc(CN=C(N)NCCc3ccccc3)cc2)CC1.I. The fraction of sp³-hybridized carbons (Fsp3) is 0.409. The van der Waals surface area contributed by atoms with Crippen molar-refractivity contribution in [2.24, 2.45) is 10.7 Å². The van der Waals surface area contributed by atoms with E-state index >= 15 is 0 Å². The Balaban J connectivity index is 0.00000280. The number of halogens is 1. The summed E-state index contributed by atoms with van der Waals surface area (Å²) in [6.07, 6.45) is 0.943. The number of rotatable bonds is 7. The van der Waals surface area contributed by atoms with Crippen LogP contribution in [0.25, 0.3) is 0 Å². The molecular formula is C22H32IN5. The van der Waals surface area contributed by atoms with Gasteiger partial charge in [-0.05, 0) is 30.2 Å². The molecule has 6 heteroatoms. The summed E-state index contributed by atoms with van der Waals surface area (Å²) in [5.41, 5.74) is 9.83. The molecule has 28 heavy (non-hydrogen) atoms. The molecule has 2 aromatic rings. The van der Waals surface area contributed by atoms with Gasteiger partial charge in [0.15, 0.2) is 5.96 Å². The average Bonchev–Trinajstić information content (AvgIpc) is 2.70.